The van der Waals surface area contributed by atoms with Gasteiger partial charge in [-0.05, 0) is 6.92 Å². The van der Waals surface area contributed by atoms with E-state index in [2.05, 4.69) is 25.3 Å². The van der Waals surface area contributed by atoms with Gasteiger partial charge >= 0.3 is 0 Å². The van der Waals surface area contributed by atoms with Gasteiger partial charge in [-0.1, -0.05) is 5.16 Å². The van der Waals surface area contributed by atoms with Crippen LogP contribution < -0.4 is 5.32 Å². The molecule has 21 heavy (non-hydrogen) atoms. The number of aryl methyl sites for hydroxylation is 1. The standard InChI is InChI=1S/C12H21N5O3.HI/c1-9-15-11(20-16-9)6-14-12(13-2)17-4-5-19-10(7-17)8-18-3;/h10H,4-8H2,1-3H3,(H,13,14);1H. The van der Waals surface area contributed by atoms with E-state index in [1.165, 1.54) is 0 Å². The van der Waals surface area contributed by atoms with Crippen LogP contribution in [0.5, 0.6) is 0 Å². The fourth-order valence-electron chi connectivity index (χ4n) is 2.10. The summed E-state index contributed by atoms with van der Waals surface area (Å²) in [6, 6.07) is 0. The number of hydrogen-bond acceptors (Lipinski definition) is 6. The molecule has 9 heteroatoms. The summed E-state index contributed by atoms with van der Waals surface area (Å²) in [5.41, 5.74) is 0. The summed E-state index contributed by atoms with van der Waals surface area (Å²) in [6.45, 7) is 5.03. The van der Waals surface area contributed by atoms with Crippen LogP contribution in [-0.2, 0) is 16.0 Å². The van der Waals surface area contributed by atoms with Crippen molar-refractivity contribution in [2.24, 2.45) is 4.99 Å². The molecule has 1 N–H and O–H groups in total. The van der Waals surface area contributed by atoms with Crippen LogP contribution >= 0.6 is 24.0 Å². The maximum Gasteiger partial charge on any atom is 0.246 e. The zero-order valence-corrected chi connectivity index (χ0v) is 14.9. The maximum absolute atomic E-state index is 5.62. The van der Waals surface area contributed by atoms with Gasteiger partial charge in [-0.15, -0.1) is 24.0 Å². The van der Waals surface area contributed by atoms with Crippen LogP contribution in [0.3, 0.4) is 0 Å². The Morgan fingerprint density at radius 1 is 1.57 bits per heavy atom. The van der Waals surface area contributed by atoms with E-state index in [1.807, 2.05) is 0 Å². The zero-order chi connectivity index (χ0) is 14.4. The number of halogens is 1. The van der Waals surface area contributed by atoms with E-state index in [1.54, 1.807) is 21.1 Å². The average molecular weight is 411 g/mol. The van der Waals surface area contributed by atoms with Crippen molar-refractivity contribution in [3.8, 4) is 0 Å². The summed E-state index contributed by atoms with van der Waals surface area (Å²) in [4.78, 5) is 10.6. The molecule has 0 spiro atoms. The number of ether oxygens (including phenoxy) is 2. The van der Waals surface area contributed by atoms with Crippen LogP contribution in [0.2, 0.25) is 0 Å². The van der Waals surface area contributed by atoms with Gasteiger partial charge in [0.2, 0.25) is 5.89 Å². The molecule has 1 aliphatic heterocycles. The molecule has 8 nitrogen and oxygen atoms in total. The first-order valence-corrected chi connectivity index (χ1v) is 6.58. The van der Waals surface area contributed by atoms with E-state index in [4.69, 9.17) is 14.0 Å². The highest BCUT2D eigenvalue weighted by atomic mass is 127. The first-order valence-electron chi connectivity index (χ1n) is 6.58. The van der Waals surface area contributed by atoms with Crippen molar-refractivity contribution in [2.45, 2.75) is 19.6 Å². The minimum atomic E-state index is 0. The van der Waals surface area contributed by atoms with Gasteiger partial charge in [0, 0.05) is 27.2 Å². The lowest BCUT2D eigenvalue weighted by Crippen LogP contribution is -2.51. The Balaban J connectivity index is 0.00000220. The number of methoxy groups -OCH3 is 1. The third-order valence-corrected chi connectivity index (χ3v) is 2.97. The molecular formula is C12H22IN5O3. The van der Waals surface area contributed by atoms with E-state index in [9.17, 15) is 0 Å². The SMILES string of the molecule is CN=C(NCc1nc(C)no1)N1CCOC(COC)C1.I. The summed E-state index contributed by atoms with van der Waals surface area (Å²) < 4.78 is 15.8. The fourth-order valence-corrected chi connectivity index (χ4v) is 2.10. The number of nitrogens with one attached hydrogen (secondary N) is 1. The molecule has 0 aliphatic carbocycles. The lowest BCUT2D eigenvalue weighted by molar-refractivity contribution is -0.0447. The normalized spacial score (nSPS) is 19.3. The summed E-state index contributed by atoms with van der Waals surface area (Å²) in [6.07, 6.45) is 0.0675. The Bertz CT molecular complexity index is 452. The number of rotatable bonds is 4. The monoisotopic (exact) mass is 411 g/mol. The summed E-state index contributed by atoms with van der Waals surface area (Å²) in [5, 5.41) is 6.97. The van der Waals surface area contributed by atoms with Crippen LogP contribution in [0.4, 0.5) is 0 Å². The number of aliphatic imine (C=N–C) groups is 1. The topological polar surface area (TPSA) is 85.0 Å². The maximum atomic E-state index is 5.62. The number of hydrogen-bond donors (Lipinski definition) is 1. The van der Waals surface area contributed by atoms with Crippen LogP contribution in [0.15, 0.2) is 9.52 Å². The van der Waals surface area contributed by atoms with Gasteiger partial charge in [-0.3, -0.25) is 4.99 Å². The van der Waals surface area contributed by atoms with Gasteiger partial charge in [0.1, 0.15) is 0 Å². The number of aromatic nitrogens is 2. The average Bonchev–Trinajstić information content (AvgIpc) is 2.86. The molecule has 1 saturated heterocycles. The van der Waals surface area contributed by atoms with Crippen molar-refractivity contribution >= 4 is 29.9 Å². The second-order valence-corrected chi connectivity index (χ2v) is 4.53. The first kappa shape index (κ1) is 18.1. The van der Waals surface area contributed by atoms with Crippen molar-refractivity contribution in [3.05, 3.63) is 11.7 Å². The van der Waals surface area contributed by atoms with Gasteiger partial charge in [-0.25, -0.2) is 0 Å². The van der Waals surface area contributed by atoms with Crippen LogP contribution in [0, 0.1) is 6.92 Å². The van der Waals surface area contributed by atoms with Crippen molar-refractivity contribution in [1.82, 2.24) is 20.4 Å². The van der Waals surface area contributed by atoms with Gasteiger partial charge in [0.15, 0.2) is 11.8 Å². The molecular weight excluding hydrogens is 389 g/mol. The summed E-state index contributed by atoms with van der Waals surface area (Å²) >= 11 is 0. The lowest BCUT2D eigenvalue weighted by atomic mass is 10.3. The first-order chi connectivity index (χ1) is 9.72. The molecule has 1 aromatic heterocycles. The highest BCUT2D eigenvalue weighted by molar-refractivity contribution is 14.0. The molecule has 0 aromatic carbocycles. The molecule has 0 amide bonds. The van der Waals surface area contributed by atoms with Crippen molar-refractivity contribution in [2.75, 3.05) is 40.5 Å². The predicted molar refractivity (Wildman–Crippen MR) is 87.8 cm³/mol. The molecule has 1 unspecified atom stereocenters. The Morgan fingerprint density at radius 2 is 2.38 bits per heavy atom. The molecule has 120 valence electrons. The molecule has 1 aromatic rings. The van der Waals surface area contributed by atoms with E-state index in [0.717, 1.165) is 19.0 Å². The van der Waals surface area contributed by atoms with Crippen LogP contribution in [0.25, 0.3) is 0 Å². The Labute approximate surface area is 141 Å². The molecule has 1 fully saturated rings. The molecule has 1 aliphatic rings. The van der Waals surface area contributed by atoms with Crippen molar-refractivity contribution < 1.29 is 14.0 Å². The third-order valence-electron chi connectivity index (χ3n) is 2.97. The Kier molecular flexibility index (Phi) is 7.89. The van der Waals surface area contributed by atoms with Crippen molar-refractivity contribution in [3.63, 3.8) is 0 Å². The van der Waals surface area contributed by atoms with Gasteiger partial charge in [-0.2, -0.15) is 4.98 Å². The Morgan fingerprint density at radius 3 is 3.00 bits per heavy atom. The van der Waals surface area contributed by atoms with E-state index < -0.39 is 0 Å². The predicted octanol–water partition coefficient (Wildman–Crippen LogP) is 0.419. The number of morpholine rings is 1. The molecule has 0 radical (unpaired) electrons. The molecule has 2 heterocycles. The lowest BCUT2D eigenvalue weighted by Gasteiger charge is -2.34. The van der Waals surface area contributed by atoms with E-state index in [0.29, 0.717) is 31.5 Å². The largest absolute Gasteiger partial charge is 0.382 e. The van der Waals surface area contributed by atoms with E-state index in [-0.39, 0.29) is 30.1 Å². The smallest absolute Gasteiger partial charge is 0.246 e. The molecule has 1 atom stereocenters. The van der Waals surface area contributed by atoms with Crippen molar-refractivity contribution in [1.29, 1.82) is 0 Å². The second-order valence-electron chi connectivity index (χ2n) is 4.53. The Hall–Kier alpha value is -0.940. The molecule has 0 saturated carbocycles. The number of nitrogens with zero attached hydrogens (tertiary/aromatic N) is 4. The van der Waals surface area contributed by atoms with Gasteiger partial charge in [0.25, 0.3) is 0 Å². The highest BCUT2D eigenvalue weighted by Gasteiger charge is 2.22. The summed E-state index contributed by atoms with van der Waals surface area (Å²) in [7, 11) is 3.43. The summed E-state index contributed by atoms with van der Waals surface area (Å²) in [5.74, 6) is 1.97. The van der Waals surface area contributed by atoms with Crippen LogP contribution in [-0.4, -0.2) is 67.6 Å². The zero-order valence-electron chi connectivity index (χ0n) is 12.5. The van der Waals surface area contributed by atoms with Gasteiger partial charge < -0.3 is 24.2 Å². The highest BCUT2D eigenvalue weighted by Crippen LogP contribution is 2.06. The minimum absolute atomic E-state index is 0. The second kappa shape index (κ2) is 9.15. The molecule has 2 rings (SSSR count). The minimum Gasteiger partial charge on any atom is -0.382 e. The third kappa shape index (κ3) is 5.40. The number of guanidine groups is 1. The fraction of sp³-hybridized carbons (Fsp3) is 0.750. The molecule has 0 bridgehead atoms. The quantitative estimate of drug-likeness (QED) is 0.437. The van der Waals surface area contributed by atoms with Gasteiger partial charge in [0.05, 0.1) is 25.9 Å². The van der Waals surface area contributed by atoms with Crippen LogP contribution in [0.1, 0.15) is 11.7 Å². The van der Waals surface area contributed by atoms with E-state index >= 15 is 0 Å².